The lowest BCUT2D eigenvalue weighted by atomic mass is 10.2. The molecule has 0 unspecified atom stereocenters. The highest BCUT2D eigenvalue weighted by Crippen LogP contribution is 2.17. The van der Waals surface area contributed by atoms with E-state index in [0.717, 1.165) is 18.2 Å². The zero-order valence-corrected chi connectivity index (χ0v) is 11.1. The number of nitro benzene ring substituents is 1. The molecule has 0 spiro atoms. The molecule has 21 heavy (non-hydrogen) atoms. The van der Waals surface area contributed by atoms with Gasteiger partial charge in [-0.1, -0.05) is 0 Å². The fourth-order valence-corrected chi connectivity index (χ4v) is 1.48. The number of non-ortho nitro benzene ring substituents is 1. The molecule has 1 aromatic heterocycles. The molecule has 0 radical (unpaired) electrons. The number of hydrogen-bond donors (Lipinski definition) is 1. The van der Waals surface area contributed by atoms with Gasteiger partial charge in [0.15, 0.2) is 0 Å². The molecule has 0 atom stereocenters. The van der Waals surface area contributed by atoms with Crippen LogP contribution in [-0.4, -0.2) is 26.0 Å². The van der Waals surface area contributed by atoms with E-state index < -0.39 is 22.2 Å². The summed E-state index contributed by atoms with van der Waals surface area (Å²) in [7, 11) is 0. The standard InChI is InChI=1S/C12H10FN5O3/c1-6-7(2)16-17-12(14-6)15-11(19)9-5-8(18(20)21)3-4-10(9)13/h3-5H,1-2H3,(H,14,15,17,19). The average molecular weight is 291 g/mol. The lowest BCUT2D eigenvalue weighted by Crippen LogP contribution is -2.17. The summed E-state index contributed by atoms with van der Waals surface area (Å²) in [4.78, 5) is 25.8. The van der Waals surface area contributed by atoms with E-state index in [1.807, 2.05) is 0 Å². The van der Waals surface area contributed by atoms with Crippen LogP contribution in [0, 0.1) is 29.8 Å². The molecule has 0 fully saturated rings. The monoisotopic (exact) mass is 291 g/mol. The van der Waals surface area contributed by atoms with E-state index in [9.17, 15) is 19.3 Å². The molecule has 8 nitrogen and oxygen atoms in total. The average Bonchev–Trinajstić information content (AvgIpc) is 2.43. The normalized spacial score (nSPS) is 10.2. The van der Waals surface area contributed by atoms with Gasteiger partial charge in [-0.15, -0.1) is 5.10 Å². The third-order valence-electron chi connectivity index (χ3n) is 2.72. The molecule has 0 saturated carbocycles. The molecule has 0 aliphatic rings. The highest BCUT2D eigenvalue weighted by Gasteiger charge is 2.18. The summed E-state index contributed by atoms with van der Waals surface area (Å²) >= 11 is 0. The van der Waals surface area contributed by atoms with Crippen LogP contribution in [0.5, 0.6) is 0 Å². The van der Waals surface area contributed by atoms with Gasteiger partial charge in [0.25, 0.3) is 11.6 Å². The first-order valence-electron chi connectivity index (χ1n) is 5.81. The highest BCUT2D eigenvalue weighted by molar-refractivity contribution is 6.03. The molecule has 2 rings (SSSR count). The van der Waals surface area contributed by atoms with Crippen LogP contribution in [0.3, 0.4) is 0 Å². The Labute approximate surface area is 118 Å². The van der Waals surface area contributed by atoms with Gasteiger partial charge in [0.1, 0.15) is 5.82 Å². The van der Waals surface area contributed by atoms with Gasteiger partial charge in [0, 0.05) is 12.1 Å². The summed E-state index contributed by atoms with van der Waals surface area (Å²) in [6.45, 7) is 3.37. The van der Waals surface area contributed by atoms with Gasteiger partial charge >= 0.3 is 0 Å². The summed E-state index contributed by atoms with van der Waals surface area (Å²) in [6, 6.07) is 2.67. The van der Waals surface area contributed by atoms with E-state index >= 15 is 0 Å². The molecule has 0 saturated heterocycles. The summed E-state index contributed by atoms with van der Waals surface area (Å²) in [5.74, 6) is -1.87. The van der Waals surface area contributed by atoms with Crippen molar-refractivity contribution < 1.29 is 14.1 Å². The molecule has 108 valence electrons. The van der Waals surface area contributed by atoms with Crippen LogP contribution >= 0.6 is 0 Å². The van der Waals surface area contributed by atoms with Crippen molar-refractivity contribution >= 4 is 17.5 Å². The van der Waals surface area contributed by atoms with E-state index in [2.05, 4.69) is 20.5 Å². The first-order valence-corrected chi connectivity index (χ1v) is 5.81. The van der Waals surface area contributed by atoms with Crippen molar-refractivity contribution in [2.24, 2.45) is 0 Å². The van der Waals surface area contributed by atoms with E-state index in [1.54, 1.807) is 13.8 Å². The number of anilines is 1. The minimum atomic E-state index is -0.888. The maximum absolute atomic E-state index is 13.6. The summed E-state index contributed by atoms with van der Waals surface area (Å²) in [5.41, 5.74) is 0.293. The van der Waals surface area contributed by atoms with Gasteiger partial charge < -0.3 is 0 Å². The molecule has 1 N–H and O–H groups in total. The number of rotatable bonds is 3. The van der Waals surface area contributed by atoms with Gasteiger partial charge in [-0.3, -0.25) is 20.2 Å². The second-order valence-corrected chi connectivity index (χ2v) is 4.18. The van der Waals surface area contributed by atoms with E-state index in [-0.39, 0.29) is 11.6 Å². The topological polar surface area (TPSA) is 111 Å². The van der Waals surface area contributed by atoms with Gasteiger partial charge in [-0.05, 0) is 19.9 Å². The second-order valence-electron chi connectivity index (χ2n) is 4.18. The zero-order chi connectivity index (χ0) is 15.6. The Morgan fingerprint density at radius 2 is 2.00 bits per heavy atom. The number of benzene rings is 1. The van der Waals surface area contributed by atoms with Crippen LogP contribution in [0.15, 0.2) is 18.2 Å². The van der Waals surface area contributed by atoms with Crippen LogP contribution in [-0.2, 0) is 0 Å². The number of nitro groups is 1. The maximum atomic E-state index is 13.6. The molecular weight excluding hydrogens is 281 g/mol. The number of nitrogens with zero attached hydrogens (tertiary/aromatic N) is 4. The third-order valence-corrected chi connectivity index (χ3v) is 2.72. The first-order chi connectivity index (χ1) is 9.88. The molecule has 0 aliphatic heterocycles. The number of halogens is 1. The third kappa shape index (κ3) is 3.14. The van der Waals surface area contributed by atoms with Crippen molar-refractivity contribution in [2.45, 2.75) is 13.8 Å². The van der Waals surface area contributed by atoms with Crippen molar-refractivity contribution in [1.29, 1.82) is 0 Å². The predicted octanol–water partition coefficient (Wildman–Crippen LogP) is 1.79. The van der Waals surface area contributed by atoms with Crippen LogP contribution in [0.2, 0.25) is 0 Å². The maximum Gasteiger partial charge on any atom is 0.270 e. The largest absolute Gasteiger partial charge is 0.289 e. The summed E-state index contributed by atoms with van der Waals surface area (Å²) in [6.07, 6.45) is 0. The molecular formula is C12H10FN5O3. The highest BCUT2D eigenvalue weighted by atomic mass is 19.1. The van der Waals surface area contributed by atoms with Crippen LogP contribution in [0.25, 0.3) is 0 Å². The van der Waals surface area contributed by atoms with Gasteiger partial charge in [-0.25, -0.2) is 9.37 Å². The molecule has 0 bridgehead atoms. The molecule has 1 heterocycles. The fourth-order valence-electron chi connectivity index (χ4n) is 1.48. The summed E-state index contributed by atoms with van der Waals surface area (Å²) in [5, 5.41) is 20.3. The lowest BCUT2D eigenvalue weighted by Gasteiger charge is -2.05. The smallest absolute Gasteiger partial charge is 0.270 e. The van der Waals surface area contributed by atoms with Crippen molar-refractivity contribution in [1.82, 2.24) is 15.2 Å². The fraction of sp³-hybridized carbons (Fsp3) is 0.167. The lowest BCUT2D eigenvalue weighted by molar-refractivity contribution is -0.384. The summed E-state index contributed by atoms with van der Waals surface area (Å²) < 4.78 is 13.6. The van der Waals surface area contributed by atoms with Crippen LogP contribution in [0.1, 0.15) is 21.7 Å². The number of nitrogens with one attached hydrogen (secondary N) is 1. The van der Waals surface area contributed by atoms with Gasteiger partial charge in [0.05, 0.1) is 21.9 Å². The Morgan fingerprint density at radius 3 is 2.62 bits per heavy atom. The van der Waals surface area contributed by atoms with Crippen molar-refractivity contribution in [3.8, 4) is 0 Å². The predicted molar refractivity (Wildman–Crippen MR) is 70.3 cm³/mol. The van der Waals surface area contributed by atoms with Crippen LogP contribution < -0.4 is 5.32 Å². The minimum absolute atomic E-state index is 0.103. The molecule has 1 aromatic carbocycles. The van der Waals surface area contributed by atoms with Crippen molar-refractivity contribution in [3.05, 3.63) is 51.1 Å². The number of carbonyl (C=O) groups is 1. The SMILES string of the molecule is Cc1nnc(NC(=O)c2cc([N+](=O)[O-])ccc2F)nc1C. The van der Waals surface area contributed by atoms with Crippen LogP contribution in [0.4, 0.5) is 16.0 Å². The quantitative estimate of drug-likeness (QED) is 0.681. The van der Waals surface area contributed by atoms with E-state index in [0.29, 0.717) is 11.4 Å². The zero-order valence-electron chi connectivity index (χ0n) is 11.1. The number of aromatic nitrogens is 3. The Balaban J connectivity index is 2.29. The molecule has 1 amide bonds. The number of carbonyl (C=O) groups excluding carboxylic acids is 1. The Bertz CT molecular complexity index is 735. The number of hydrogen-bond acceptors (Lipinski definition) is 6. The van der Waals surface area contributed by atoms with E-state index in [1.165, 1.54) is 0 Å². The van der Waals surface area contributed by atoms with Gasteiger partial charge in [-0.2, -0.15) is 5.10 Å². The molecule has 9 heteroatoms. The van der Waals surface area contributed by atoms with E-state index in [4.69, 9.17) is 0 Å². The number of amides is 1. The number of aryl methyl sites for hydroxylation is 2. The second kappa shape index (κ2) is 5.57. The van der Waals surface area contributed by atoms with Crippen molar-refractivity contribution in [2.75, 3.05) is 5.32 Å². The Kier molecular flexibility index (Phi) is 3.83. The van der Waals surface area contributed by atoms with Gasteiger partial charge in [0.2, 0.25) is 5.95 Å². The Morgan fingerprint density at radius 1 is 1.29 bits per heavy atom. The minimum Gasteiger partial charge on any atom is -0.289 e. The van der Waals surface area contributed by atoms with Crippen molar-refractivity contribution in [3.63, 3.8) is 0 Å². The molecule has 2 aromatic rings. The Hall–Kier alpha value is -2.97. The molecule has 0 aliphatic carbocycles. The first kappa shape index (κ1) is 14.4.